The van der Waals surface area contributed by atoms with Crippen molar-refractivity contribution in [1.82, 2.24) is 9.78 Å². The molecule has 0 bridgehead atoms. The highest BCUT2D eigenvalue weighted by Gasteiger charge is 2.30. The summed E-state index contributed by atoms with van der Waals surface area (Å²) in [5, 5.41) is 14.3. The van der Waals surface area contributed by atoms with Crippen LogP contribution in [0.4, 0.5) is 13.2 Å². The van der Waals surface area contributed by atoms with E-state index < -0.39 is 17.7 Å². The number of hydrogen-bond acceptors (Lipinski definition) is 3. The number of aryl methyl sites for hydroxylation is 2. The molecule has 0 radical (unpaired) electrons. The minimum Gasteiger partial charge on any atom is -0.481 e. The van der Waals surface area contributed by atoms with Crippen molar-refractivity contribution in [3.63, 3.8) is 0 Å². The third kappa shape index (κ3) is 5.57. The minimum atomic E-state index is -4.36. The van der Waals surface area contributed by atoms with E-state index in [9.17, 15) is 18.0 Å². The molecule has 4 rings (SSSR count). The van der Waals surface area contributed by atoms with Crippen molar-refractivity contribution in [2.75, 3.05) is 0 Å². The molecule has 1 heterocycles. The highest BCUT2D eigenvalue weighted by atomic mass is 32.2. The van der Waals surface area contributed by atoms with Crippen LogP contribution in [0.1, 0.15) is 28.7 Å². The molecule has 1 N–H and O–H groups in total. The monoisotopic (exact) mass is 470 g/mol. The van der Waals surface area contributed by atoms with Crippen LogP contribution in [0.15, 0.2) is 71.8 Å². The summed E-state index contributed by atoms with van der Waals surface area (Å²) in [4.78, 5) is 11.9. The number of aliphatic carboxylic acids is 1. The number of thioether (sulfide) groups is 1. The molecule has 4 nitrogen and oxygen atoms in total. The maximum atomic E-state index is 12.8. The number of carboxylic acids is 1. The number of carboxylic acid groups (broad SMARTS) is 1. The summed E-state index contributed by atoms with van der Waals surface area (Å²) in [5.74, 6) is -0.0687. The van der Waals surface area contributed by atoms with Crippen LogP contribution < -0.4 is 0 Å². The first-order valence-electron chi connectivity index (χ1n) is 10.3. The van der Waals surface area contributed by atoms with Gasteiger partial charge in [-0.15, -0.1) is 11.8 Å². The Kier molecular flexibility index (Phi) is 6.47. The maximum Gasteiger partial charge on any atom is 0.416 e. The molecule has 0 amide bonds. The lowest BCUT2D eigenvalue weighted by molar-refractivity contribution is -0.138. The van der Waals surface area contributed by atoms with E-state index >= 15 is 0 Å². The number of rotatable bonds is 7. The zero-order chi connectivity index (χ0) is 23.6. The number of hydrogen-bond donors (Lipinski definition) is 1. The SMILES string of the molecule is Cc1cc(SCc2ccc3cn(-c4ccc(C(F)(F)F)cc4)nc3c2)ccc1CCC(=O)O. The van der Waals surface area contributed by atoms with Gasteiger partial charge in [0, 0.05) is 28.7 Å². The highest BCUT2D eigenvalue weighted by molar-refractivity contribution is 7.98. The van der Waals surface area contributed by atoms with Crippen molar-refractivity contribution < 1.29 is 23.1 Å². The summed E-state index contributed by atoms with van der Waals surface area (Å²) < 4.78 is 40.0. The Morgan fingerprint density at radius 2 is 1.82 bits per heavy atom. The molecule has 8 heteroatoms. The molecule has 4 aromatic rings. The molecule has 0 aliphatic rings. The fourth-order valence-electron chi connectivity index (χ4n) is 3.53. The number of fused-ring (bicyclic) bond motifs is 1. The second kappa shape index (κ2) is 9.31. The van der Waals surface area contributed by atoms with E-state index in [0.717, 1.165) is 50.4 Å². The zero-order valence-corrected chi connectivity index (χ0v) is 18.6. The summed E-state index contributed by atoms with van der Waals surface area (Å²) in [6.45, 7) is 1.99. The Balaban J connectivity index is 1.45. The third-order valence-corrected chi connectivity index (χ3v) is 6.42. The van der Waals surface area contributed by atoms with Gasteiger partial charge in [-0.3, -0.25) is 4.79 Å². The topological polar surface area (TPSA) is 55.1 Å². The Labute approximate surface area is 193 Å². The van der Waals surface area contributed by atoms with Crippen LogP contribution in [0.3, 0.4) is 0 Å². The molecule has 0 saturated heterocycles. The number of halogens is 3. The molecule has 170 valence electrons. The molecule has 1 aromatic heterocycles. The van der Waals surface area contributed by atoms with Gasteiger partial charge in [0.1, 0.15) is 0 Å². The summed E-state index contributed by atoms with van der Waals surface area (Å²) in [6.07, 6.45) is -1.93. The van der Waals surface area contributed by atoms with Gasteiger partial charge in [0.25, 0.3) is 0 Å². The van der Waals surface area contributed by atoms with Gasteiger partial charge in [0.05, 0.1) is 16.8 Å². The van der Waals surface area contributed by atoms with Gasteiger partial charge >= 0.3 is 12.1 Å². The lowest BCUT2D eigenvalue weighted by Gasteiger charge is -2.08. The van der Waals surface area contributed by atoms with E-state index in [-0.39, 0.29) is 6.42 Å². The van der Waals surface area contributed by atoms with Crippen LogP contribution in [0, 0.1) is 6.92 Å². The molecule has 0 saturated carbocycles. The Bertz CT molecular complexity index is 1300. The number of nitrogens with zero attached hydrogens (tertiary/aromatic N) is 2. The van der Waals surface area contributed by atoms with E-state index in [1.54, 1.807) is 22.6 Å². The molecular weight excluding hydrogens is 449 g/mol. The lowest BCUT2D eigenvalue weighted by atomic mass is 10.0. The van der Waals surface area contributed by atoms with Gasteiger partial charge < -0.3 is 5.11 Å². The highest BCUT2D eigenvalue weighted by Crippen LogP contribution is 2.30. The second-order valence-corrected chi connectivity index (χ2v) is 8.83. The first-order valence-corrected chi connectivity index (χ1v) is 11.3. The number of aromatic nitrogens is 2. The van der Waals surface area contributed by atoms with Gasteiger partial charge in [-0.05, 0) is 72.5 Å². The summed E-state index contributed by atoms with van der Waals surface area (Å²) in [6, 6.07) is 16.9. The van der Waals surface area contributed by atoms with Crippen LogP contribution in [-0.4, -0.2) is 20.9 Å². The summed E-state index contributed by atoms with van der Waals surface area (Å²) >= 11 is 1.68. The second-order valence-electron chi connectivity index (χ2n) is 7.78. The third-order valence-electron chi connectivity index (χ3n) is 5.36. The average molecular weight is 471 g/mol. The van der Waals surface area contributed by atoms with Crippen molar-refractivity contribution in [1.29, 1.82) is 0 Å². The fourth-order valence-corrected chi connectivity index (χ4v) is 4.47. The van der Waals surface area contributed by atoms with E-state index in [0.29, 0.717) is 12.1 Å². The van der Waals surface area contributed by atoms with Gasteiger partial charge in [0.15, 0.2) is 0 Å². The van der Waals surface area contributed by atoms with Gasteiger partial charge in [0.2, 0.25) is 0 Å². The van der Waals surface area contributed by atoms with Gasteiger partial charge in [-0.1, -0.05) is 18.2 Å². The predicted molar refractivity (Wildman–Crippen MR) is 123 cm³/mol. The van der Waals surface area contributed by atoms with Crippen molar-refractivity contribution in [2.45, 2.75) is 36.6 Å². The smallest absolute Gasteiger partial charge is 0.416 e. The molecule has 3 aromatic carbocycles. The van der Waals surface area contributed by atoms with Crippen molar-refractivity contribution >= 4 is 28.6 Å². The van der Waals surface area contributed by atoms with Crippen molar-refractivity contribution in [2.24, 2.45) is 0 Å². The van der Waals surface area contributed by atoms with Crippen LogP contribution in [0.5, 0.6) is 0 Å². The zero-order valence-electron chi connectivity index (χ0n) is 17.8. The normalized spacial score (nSPS) is 11.8. The number of benzene rings is 3. The minimum absolute atomic E-state index is 0.118. The van der Waals surface area contributed by atoms with Crippen molar-refractivity contribution in [3.8, 4) is 5.69 Å². The van der Waals surface area contributed by atoms with E-state index in [1.807, 2.05) is 37.3 Å². The van der Waals surface area contributed by atoms with Gasteiger partial charge in [-0.25, -0.2) is 4.68 Å². The molecule has 33 heavy (non-hydrogen) atoms. The maximum absolute atomic E-state index is 12.8. The molecule has 0 spiro atoms. The van der Waals surface area contributed by atoms with E-state index in [2.05, 4.69) is 11.2 Å². The molecule has 0 aliphatic carbocycles. The Morgan fingerprint density at radius 1 is 1.06 bits per heavy atom. The molecular formula is C25H21F3N2O2S. The number of carbonyl (C=O) groups is 1. The first-order chi connectivity index (χ1) is 15.7. The lowest BCUT2D eigenvalue weighted by Crippen LogP contribution is -2.05. The fraction of sp³-hybridized carbons (Fsp3) is 0.200. The molecule has 0 atom stereocenters. The Morgan fingerprint density at radius 3 is 2.48 bits per heavy atom. The molecule has 0 aliphatic heterocycles. The Hall–Kier alpha value is -3.26. The van der Waals surface area contributed by atoms with E-state index in [4.69, 9.17) is 5.11 Å². The quantitative estimate of drug-likeness (QED) is 0.307. The standard InChI is InChI=1S/C25H21F3N2O2S/c1-16-12-22(10-4-18(16)5-11-24(31)32)33-15-17-2-3-19-14-30(29-23(19)13-17)21-8-6-20(7-9-21)25(26,27)28/h2-4,6-10,12-14H,5,11,15H2,1H3,(H,31,32). The summed E-state index contributed by atoms with van der Waals surface area (Å²) in [5.41, 5.74) is 3.84. The average Bonchev–Trinajstić information content (AvgIpc) is 3.20. The van der Waals surface area contributed by atoms with Gasteiger partial charge in [-0.2, -0.15) is 18.3 Å². The largest absolute Gasteiger partial charge is 0.481 e. The van der Waals surface area contributed by atoms with Crippen LogP contribution in [-0.2, 0) is 23.1 Å². The number of alkyl halides is 3. The molecule has 0 unspecified atom stereocenters. The van der Waals surface area contributed by atoms with Crippen molar-refractivity contribution in [3.05, 3.63) is 89.1 Å². The summed E-state index contributed by atoms with van der Waals surface area (Å²) in [7, 11) is 0. The molecule has 0 fully saturated rings. The van der Waals surface area contributed by atoms with Crippen LogP contribution >= 0.6 is 11.8 Å². The van der Waals surface area contributed by atoms with Crippen LogP contribution in [0.2, 0.25) is 0 Å². The van der Waals surface area contributed by atoms with Crippen LogP contribution in [0.25, 0.3) is 16.6 Å². The predicted octanol–water partition coefficient (Wildman–Crippen LogP) is 6.66. The van der Waals surface area contributed by atoms with E-state index in [1.165, 1.54) is 12.1 Å². The first kappa shape index (κ1) is 22.9.